The summed E-state index contributed by atoms with van der Waals surface area (Å²) >= 11 is 0. The van der Waals surface area contributed by atoms with Crippen molar-refractivity contribution in [2.45, 2.75) is 37.8 Å². The standard InChI is InChI=1S/C21H21N3O2/c22-21(24-25)17-6-3-5-16-19(12-10-13-8-9-14(11-12)23-13)15-4-1-2-7-18(15)26-20(16)17/h1-7,13-14,23,25H,8-11H2,(H2,22,24). The topological polar surface area (TPSA) is 79.9 Å². The lowest BCUT2D eigenvalue weighted by Gasteiger charge is -2.31. The van der Waals surface area contributed by atoms with Crippen LogP contribution in [0.1, 0.15) is 42.4 Å². The highest BCUT2D eigenvalue weighted by Crippen LogP contribution is 2.48. The number of nitrogens with two attached hydrogens (primary N) is 1. The van der Waals surface area contributed by atoms with Crippen molar-refractivity contribution in [2.24, 2.45) is 10.9 Å². The van der Waals surface area contributed by atoms with Gasteiger partial charge in [0, 0.05) is 23.2 Å². The number of oxime groups is 1. The minimum Gasteiger partial charge on any atom is -0.455 e. The summed E-state index contributed by atoms with van der Waals surface area (Å²) in [6, 6.07) is 15.1. The molecule has 0 saturated carbocycles. The van der Waals surface area contributed by atoms with Crippen LogP contribution in [-0.4, -0.2) is 23.1 Å². The quantitative estimate of drug-likeness (QED) is 0.272. The molecule has 3 heterocycles. The van der Waals surface area contributed by atoms with E-state index < -0.39 is 0 Å². The molecule has 0 aliphatic carbocycles. The Morgan fingerprint density at radius 1 is 1.04 bits per heavy atom. The van der Waals surface area contributed by atoms with E-state index >= 15 is 0 Å². The first kappa shape index (κ1) is 15.5. The summed E-state index contributed by atoms with van der Waals surface area (Å²) in [7, 11) is 0. The van der Waals surface area contributed by atoms with Gasteiger partial charge in [-0.2, -0.15) is 0 Å². The lowest BCUT2D eigenvalue weighted by Crippen LogP contribution is -2.35. The molecule has 4 N–H and O–H groups in total. The second-order valence-electron chi connectivity index (χ2n) is 7.29. The van der Waals surface area contributed by atoms with E-state index in [1.165, 1.54) is 24.0 Å². The van der Waals surface area contributed by atoms with Crippen molar-refractivity contribution in [1.29, 1.82) is 0 Å². The van der Waals surface area contributed by atoms with Crippen LogP contribution in [0.15, 0.2) is 53.2 Å². The van der Waals surface area contributed by atoms with Gasteiger partial charge in [-0.1, -0.05) is 41.1 Å². The third kappa shape index (κ3) is 2.31. The predicted octanol–water partition coefficient (Wildman–Crippen LogP) is 3.60. The molecule has 2 fully saturated rings. The number of fused-ring (bicyclic) bond motifs is 4. The molecule has 3 aliphatic rings. The molecule has 2 saturated heterocycles. The molecule has 0 radical (unpaired) electrons. The van der Waals surface area contributed by atoms with Crippen LogP contribution in [-0.2, 0) is 0 Å². The molecule has 2 atom stereocenters. The van der Waals surface area contributed by atoms with Gasteiger partial charge in [-0.05, 0) is 43.4 Å². The fraction of sp³-hybridized carbons (Fsp3) is 0.286. The Morgan fingerprint density at radius 3 is 2.54 bits per heavy atom. The molecular formula is C21H21N3O2. The highest BCUT2D eigenvalue weighted by atomic mass is 16.5. The van der Waals surface area contributed by atoms with Crippen LogP contribution in [0, 0.1) is 0 Å². The van der Waals surface area contributed by atoms with Gasteiger partial charge in [-0.25, -0.2) is 0 Å². The molecule has 2 bridgehead atoms. The molecule has 2 aromatic carbocycles. The number of hydrogen-bond acceptors (Lipinski definition) is 4. The van der Waals surface area contributed by atoms with E-state index in [-0.39, 0.29) is 5.84 Å². The van der Waals surface area contributed by atoms with E-state index in [0.29, 0.717) is 23.4 Å². The number of nitrogens with one attached hydrogen (secondary N) is 1. The molecule has 3 aliphatic heterocycles. The Morgan fingerprint density at radius 2 is 1.77 bits per heavy atom. The van der Waals surface area contributed by atoms with Crippen molar-refractivity contribution in [3.05, 3.63) is 64.7 Å². The number of hydrogen-bond donors (Lipinski definition) is 3. The molecule has 2 unspecified atom stereocenters. The van der Waals surface area contributed by atoms with E-state index in [1.807, 2.05) is 24.3 Å². The van der Waals surface area contributed by atoms with Crippen LogP contribution in [0.5, 0.6) is 11.5 Å². The van der Waals surface area contributed by atoms with Crippen molar-refractivity contribution >= 4 is 11.4 Å². The fourth-order valence-electron chi connectivity index (χ4n) is 4.60. The summed E-state index contributed by atoms with van der Waals surface area (Å²) in [5, 5.41) is 16.1. The van der Waals surface area contributed by atoms with Gasteiger partial charge in [0.05, 0.1) is 5.56 Å². The first-order chi connectivity index (χ1) is 12.7. The van der Waals surface area contributed by atoms with Crippen molar-refractivity contribution in [2.75, 3.05) is 0 Å². The maximum absolute atomic E-state index is 9.16. The fourth-order valence-corrected chi connectivity index (χ4v) is 4.60. The third-order valence-corrected chi connectivity index (χ3v) is 5.71. The van der Waals surface area contributed by atoms with Gasteiger partial charge < -0.3 is 21.0 Å². The Kier molecular flexibility index (Phi) is 3.50. The normalized spacial score (nSPS) is 24.1. The second-order valence-corrected chi connectivity index (χ2v) is 7.29. The van der Waals surface area contributed by atoms with E-state index in [2.05, 4.69) is 28.7 Å². The number of piperidine rings is 1. The number of para-hydroxylation sites is 2. The van der Waals surface area contributed by atoms with Crippen LogP contribution in [0.2, 0.25) is 0 Å². The van der Waals surface area contributed by atoms with Gasteiger partial charge in [0.25, 0.3) is 0 Å². The van der Waals surface area contributed by atoms with Crippen molar-refractivity contribution in [1.82, 2.24) is 5.32 Å². The molecule has 2 aromatic rings. The molecule has 132 valence electrons. The number of amidine groups is 1. The summed E-state index contributed by atoms with van der Waals surface area (Å²) in [4.78, 5) is 0. The molecule has 0 spiro atoms. The van der Waals surface area contributed by atoms with Gasteiger partial charge >= 0.3 is 0 Å². The molecular weight excluding hydrogens is 326 g/mol. The van der Waals surface area contributed by atoms with Gasteiger partial charge in [0.1, 0.15) is 11.5 Å². The monoisotopic (exact) mass is 347 g/mol. The third-order valence-electron chi connectivity index (χ3n) is 5.71. The van der Waals surface area contributed by atoms with Gasteiger partial charge in [0.15, 0.2) is 5.84 Å². The zero-order valence-corrected chi connectivity index (χ0v) is 14.4. The summed E-state index contributed by atoms with van der Waals surface area (Å²) in [6.45, 7) is 0. The van der Waals surface area contributed by atoms with Crippen molar-refractivity contribution in [3.63, 3.8) is 0 Å². The number of ether oxygens (including phenoxy) is 1. The van der Waals surface area contributed by atoms with E-state index in [9.17, 15) is 0 Å². The van der Waals surface area contributed by atoms with E-state index in [4.69, 9.17) is 15.7 Å². The largest absolute Gasteiger partial charge is 0.455 e. The number of nitrogens with zero attached hydrogens (tertiary/aromatic N) is 1. The average molecular weight is 347 g/mol. The second kappa shape index (κ2) is 5.88. The van der Waals surface area contributed by atoms with Gasteiger partial charge in [-0.15, -0.1) is 0 Å². The number of benzene rings is 2. The lowest BCUT2D eigenvalue weighted by atomic mass is 9.84. The maximum Gasteiger partial charge on any atom is 0.173 e. The molecule has 5 rings (SSSR count). The van der Waals surface area contributed by atoms with E-state index in [1.54, 1.807) is 0 Å². The van der Waals surface area contributed by atoms with Gasteiger partial charge in [0.2, 0.25) is 0 Å². The summed E-state index contributed by atoms with van der Waals surface area (Å²) in [6.07, 6.45) is 4.62. The molecule has 26 heavy (non-hydrogen) atoms. The number of rotatable bonds is 1. The van der Waals surface area contributed by atoms with Crippen molar-refractivity contribution in [3.8, 4) is 11.5 Å². The highest BCUT2D eigenvalue weighted by Gasteiger charge is 2.34. The van der Waals surface area contributed by atoms with Crippen LogP contribution in [0.3, 0.4) is 0 Å². The van der Waals surface area contributed by atoms with Crippen LogP contribution in [0.25, 0.3) is 5.57 Å². The smallest absolute Gasteiger partial charge is 0.173 e. The molecule has 5 heteroatoms. The Hall–Kier alpha value is -2.79. The minimum absolute atomic E-state index is 0.0657. The van der Waals surface area contributed by atoms with Crippen molar-refractivity contribution < 1.29 is 9.94 Å². The van der Waals surface area contributed by atoms with Crippen LogP contribution < -0.4 is 15.8 Å². The van der Waals surface area contributed by atoms with E-state index in [0.717, 1.165) is 29.7 Å². The zero-order chi connectivity index (χ0) is 17.7. The first-order valence-corrected chi connectivity index (χ1v) is 9.11. The first-order valence-electron chi connectivity index (χ1n) is 9.11. The maximum atomic E-state index is 9.16. The van der Waals surface area contributed by atoms with Crippen LogP contribution >= 0.6 is 0 Å². The SMILES string of the molecule is NC(=NO)c1cccc2c1Oc1ccccc1C2=C1CC2CCC(C1)N2. The molecule has 5 nitrogen and oxygen atoms in total. The summed E-state index contributed by atoms with van der Waals surface area (Å²) in [5.74, 6) is 1.57. The summed E-state index contributed by atoms with van der Waals surface area (Å²) < 4.78 is 6.20. The Bertz CT molecular complexity index is 934. The molecule has 0 aromatic heterocycles. The predicted molar refractivity (Wildman–Crippen MR) is 101 cm³/mol. The highest BCUT2D eigenvalue weighted by molar-refractivity contribution is 6.03. The Balaban J connectivity index is 1.76. The van der Waals surface area contributed by atoms with Gasteiger partial charge in [-0.3, -0.25) is 0 Å². The average Bonchev–Trinajstić information content (AvgIpc) is 3.02. The molecule has 0 amide bonds. The van der Waals surface area contributed by atoms with Crippen LogP contribution in [0.4, 0.5) is 0 Å². The minimum atomic E-state index is 0.0657. The lowest BCUT2D eigenvalue weighted by molar-refractivity contribution is 0.318. The Labute approximate surface area is 152 Å². The zero-order valence-electron chi connectivity index (χ0n) is 14.4. The summed E-state index contributed by atoms with van der Waals surface area (Å²) in [5.41, 5.74) is 11.4.